The van der Waals surface area contributed by atoms with Crippen LogP contribution in [0.5, 0.6) is 11.5 Å². The third-order valence-corrected chi connectivity index (χ3v) is 5.48. The zero-order chi connectivity index (χ0) is 15.6. The standard InChI is InChI=1S/C14H20N2O5S/c1-19-13-4-2-3-11-9-12(10-21-14(11)13)15-22(17,18)16-5-7-20-8-6-16/h2-4,12,15H,5-10H2,1H3. The molecule has 3 rings (SSSR count). The first-order valence-electron chi connectivity index (χ1n) is 7.24. The Morgan fingerprint density at radius 2 is 2.09 bits per heavy atom. The molecular formula is C14H20N2O5S. The number of nitrogens with zero attached hydrogens (tertiary/aromatic N) is 1. The number of hydrogen-bond donors (Lipinski definition) is 1. The first kappa shape index (κ1) is 15.5. The molecule has 1 fully saturated rings. The SMILES string of the molecule is COc1cccc2c1OCC(NS(=O)(=O)N1CCOCC1)C2. The fourth-order valence-electron chi connectivity index (χ4n) is 2.70. The van der Waals surface area contributed by atoms with Crippen LogP contribution in [-0.4, -0.2) is 58.8 Å². The number of methoxy groups -OCH3 is 1. The fourth-order valence-corrected chi connectivity index (χ4v) is 4.05. The number of fused-ring (bicyclic) bond motifs is 1. The zero-order valence-corrected chi connectivity index (χ0v) is 13.3. The minimum atomic E-state index is -3.51. The summed E-state index contributed by atoms with van der Waals surface area (Å²) in [5.41, 5.74) is 0.945. The van der Waals surface area contributed by atoms with Gasteiger partial charge in [-0.1, -0.05) is 12.1 Å². The maximum Gasteiger partial charge on any atom is 0.279 e. The van der Waals surface area contributed by atoms with Crippen molar-refractivity contribution < 1.29 is 22.6 Å². The minimum Gasteiger partial charge on any atom is -0.493 e. The maximum atomic E-state index is 12.4. The summed E-state index contributed by atoms with van der Waals surface area (Å²) in [6.45, 7) is 1.92. The summed E-state index contributed by atoms with van der Waals surface area (Å²) < 4.78 is 45.0. The number of para-hydroxylation sites is 1. The first-order valence-corrected chi connectivity index (χ1v) is 8.68. The number of rotatable bonds is 4. The molecule has 1 N–H and O–H groups in total. The molecule has 2 aliphatic rings. The second kappa shape index (κ2) is 6.41. The van der Waals surface area contributed by atoms with Crippen LogP contribution in [-0.2, 0) is 21.4 Å². The lowest BCUT2D eigenvalue weighted by Crippen LogP contribution is -2.52. The van der Waals surface area contributed by atoms with Gasteiger partial charge in [-0.05, 0) is 18.1 Å². The third kappa shape index (κ3) is 3.19. The molecule has 1 aromatic rings. The number of hydrogen-bond acceptors (Lipinski definition) is 5. The summed E-state index contributed by atoms with van der Waals surface area (Å²) in [5.74, 6) is 1.37. The Hall–Kier alpha value is -1.35. The summed E-state index contributed by atoms with van der Waals surface area (Å²) in [6, 6.07) is 5.34. The van der Waals surface area contributed by atoms with Crippen molar-refractivity contribution in [2.45, 2.75) is 12.5 Å². The van der Waals surface area contributed by atoms with E-state index >= 15 is 0 Å². The summed E-state index contributed by atoms with van der Waals surface area (Å²) in [6.07, 6.45) is 0.579. The largest absolute Gasteiger partial charge is 0.493 e. The summed E-state index contributed by atoms with van der Waals surface area (Å²) in [5, 5.41) is 0. The van der Waals surface area contributed by atoms with Crippen molar-refractivity contribution in [3.05, 3.63) is 23.8 Å². The number of morpholine rings is 1. The highest BCUT2D eigenvalue weighted by molar-refractivity contribution is 7.87. The van der Waals surface area contributed by atoms with Gasteiger partial charge in [0.25, 0.3) is 10.2 Å². The molecule has 1 unspecified atom stereocenters. The van der Waals surface area contributed by atoms with E-state index in [9.17, 15) is 8.42 Å². The highest BCUT2D eigenvalue weighted by Gasteiger charge is 2.30. The van der Waals surface area contributed by atoms with Gasteiger partial charge in [-0.2, -0.15) is 17.4 Å². The molecule has 0 aliphatic carbocycles. The molecule has 1 atom stereocenters. The van der Waals surface area contributed by atoms with Gasteiger partial charge in [-0.3, -0.25) is 0 Å². The van der Waals surface area contributed by atoms with Crippen LogP contribution in [0.3, 0.4) is 0 Å². The highest BCUT2D eigenvalue weighted by atomic mass is 32.2. The van der Waals surface area contributed by atoms with E-state index in [2.05, 4.69) is 4.72 Å². The number of benzene rings is 1. The average Bonchev–Trinajstić information content (AvgIpc) is 2.54. The normalized spacial score (nSPS) is 22.7. The topological polar surface area (TPSA) is 77.1 Å². The van der Waals surface area contributed by atoms with Gasteiger partial charge >= 0.3 is 0 Å². The molecule has 1 aromatic carbocycles. The molecule has 2 aliphatic heterocycles. The smallest absolute Gasteiger partial charge is 0.279 e. The lowest BCUT2D eigenvalue weighted by atomic mass is 10.0. The van der Waals surface area contributed by atoms with E-state index < -0.39 is 10.2 Å². The highest BCUT2D eigenvalue weighted by Crippen LogP contribution is 2.34. The molecule has 7 nitrogen and oxygen atoms in total. The first-order chi connectivity index (χ1) is 10.6. The van der Waals surface area contributed by atoms with Gasteiger partial charge in [0, 0.05) is 13.1 Å². The van der Waals surface area contributed by atoms with Crippen LogP contribution in [0.2, 0.25) is 0 Å². The molecule has 122 valence electrons. The van der Waals surface area contributed by atoms with Crippen molar-refractivity contribution in [3.8, 4) is 11.5 Å². The quantitative estimate of drug-likeness (QED) is 0.852. The van der Waals surface area contributed by atoms with E-state index in [0.717, 1.165) is 5.56 Å². The molecule has 0 aromatic heterocycles. The van der Waals surface area contributed by atoms with Crippen LogP contribution in [0.1, 0.15) is 5.56 Å². The number of nitrogens with one attached hydrogen (secondary N) is 1. The lowest BCUT2D eigenvalue weighted by Gasteiger charge is -2.31. The van der Waals surface area contributed by atoms with E-state index in [-0.39, 0.29) is 12.6 Å². The number of ether oxygens (including phenoxy) is 3. The van der Waals surface area contributed by atoms with Gasteiger partial charge < -0.3 is 14.2 Å². The van der Waals surface area contributed by atoms with Crippen LogP contribution in [0.4, 0.5) is 0 Å². The maximum absolute atomic E-state index is 12.4. The summed E-state index contributed by atoms with van der Waals surface area (Å²) in [7, 11) is -1.92. The van der Waals surface area contributed by atoms with Crippen molar-refractivity contribution in [1.29, 1.82) is 0 Å². The van der Waals surface area contributed by atoms with Crippen LogP contribution in [0.25, 0.3) is 0 Å². The van der Waals surface area contributed by atoms with Gasteiger partial charge in [0.05, 0.1) is 26.4 Å². The minimum absolute atomic E-state index is 0.285. The van der Waals surface area contributed by atoms with Gasteiger partial charge in [-0.25, -0.2) is 0 Å². The van der Waals surface area contributed by atoms with Crippen molar-refractivity contribution in [3.63, 3.8) is 0 Å². The van der Waals surface area contributed by atoms with Crippen LogP contribution < -0.4 is 14.2 Å². The molecule has 22 heavy (non-hydrogen) atoms. The predicted octanol–water partition coefficient (Wildman–Crippen LogP) is 0.165. The average molecular weight is 328 g/mol. The van der Waals surface area contributed by atoms with Gasteiger partial charge in [0.1, 0.15) is 6.61 Å². The van der Waals surface area contributed by atoms with Gasteiger partial charge in [0.2, 0.25) is 0 Å². The zero-order valence-electron chi connectivity index (χ0n) is 12.4. The lowest BCUT2D eigenvalue weighted by molar-refractivity contribution is 0.0721. The Kier molecular flexibility index (Phi) is 4.53. The van der Waals surface area contributed by atoms with Crippen molar-refractivity contribution >= 4 is 10.2 Å². The van der Waals surface area contributed by atoms with Crippen molar-refractivity contribution in [2.75, 3.05) is 40.0 Å². The van der Waals surface area contributed by atoms with E-state index in [1.807, 2.05) is 18.2 Å². The van der Waals surface area contributed by atoms with Crippen LogP contribution in [0.15, 0.2) is 18.2 Å². The monoisotopic (exact) mass is 328 g/mol. The molecule has 0 spiro atoms. The molecule has 2 heterocycles. The van der Waals surface area contributed by atoms with Gasteiger partial charge in [-0.15, -0.1) is 0 Å². The summed E-state index contributed by atoms with van der Waals surface area (Å²) in [4.78, 5) is 0. The Balaban J connectivity index is 1.70. The van der Waals surface area contributed by atoms with E-state index in [0.29, 0.717) is 44.2 Å². The predicted molar refractivity (Wildman–Crippen MR) is 80.4 cm³/mol. The second-order valence-electron chi connectivity index (χ2n) is 5.29. The Morgan fingerprint density at radius 3 is 2.82 bits per heavy atom. The van der Waals surface area contributed by atoms with Crippen molar-refractivity contribution in [1.82, 2.24) is 9.03 Å². The fraction of sp³-hybridized carbons (Fsp3) is 0.571. The van der Waals surface area contributed by atoms with Gasteiger partial charge in [0.15, 0.2) is 11.5 Å². The van der Waals surface area contributed by atoms with E-state index in [4.69, 9.17) is 14.2 Å². The molecule has 1 saturated heterocycles. The Bertz CT molecular complexity index is 628. The van der Waals surface area contributed by atoms with Crippen LogP contribution in [0, 0.1) is 0 Å². The Labute approximate surface area is 130 Å². The summed E-state index contributed by atoms with van der Waals surface area (Å²) >= 11 is 0. The molecule has 0 saturated carbocycles. The molecule has 0 radical (unpaired) electrons. The Morgan fingerprint density at radius 1 is 1.32 bits per heavy atom. The van der Waals surface area contributed by atoms with E-state index in [1.54, 1.807) is 7.11 Å². The van der Waals surface area contributed by atoms with E-state index in [1.165, 1.54) is 4.31 Å². The second-order valence-corrected chi connectivity index (χ2v) is 7.00. The molecule has 0 amide bonds. The van der Waals surface area contributed by atoms with Crippen LogP contribution >= 0.6 is 0 Å². The third-order valence-electron chi connectivity index (χ3n) is 3.80. The molecule has 8 heteroatoms. The molecule has 0 bridgehead atoms. The molecular weight excluding hydrogens is 308 g/mol. The van der Waals surface area contributed by atoms with Crippen molar-refractivity contribution in [2.24, 2.45) is 0 Å².